The van der Waals surface area contributed by atoms with Crippen molar-refractivity contribution in [2.45, 2.75) is 49.8 Å². The molecule has 0 atom stereocenters. The van der Waals surface area contributed by atoms with Crippen LogP contribution in [0.3, 0.4) is 0 Å². The van der Waals surface area contributed by atoms with E-state index in [2.05, 4.69) is 5.32 Å². The molecule has 4 nitrogen and oxygen atoms in total. The molecule has 1 fully saturated rings. The molecule has 21 heavy (non-hydrogen) atoms. The molecule has 0 aliphatic heterocycles. The van der Waals surface area contributed by atoms with Gasteiger partial charge in [0.1, 0.15) is 4.21 Å². The third kappa shape index (κ3) is 4.06. The highest BCUT2D eigenvalue weighted by atomic mass is 32.2. The molecule has 0 amide bonds. The summed E-state index contributed by atoms with van der Waals surface area (Å²) in [4.78, 5) is 1.10. The van der Waals surface area contributed by atoms with Crippen LogP contribution in [-0.2, 0) is 16.6 Å². The summed E-state index contributed by atoms with van der Waals surface area (Å²) >= 11 is 1.39. The molecule has 2 rings (SSSR count). The Balaban J connectivity index is 2.10. The van der Waals surface area contributed by atoms with Crippen molar-refractivity contribution in [2.75, 3.05) is 20.6 Å². The van der Waals surface area contributed by atoms with E-state index in [1.54, 1.807) is 11.4 Å². The van der Waals surface area contributed by atoms with Gasteiger partial charge in [-0.15, -0.1) is 11.3 Å². The molecule has 1 aliphatic carbocycles. The van der Waals surface area contributed by atoms with Gasteiger partial charge < -0.3 is 5.32 Å². The normalized spacial score (nSPS) is 17.5. The molecule has 1 N–H and O–H groups in total. The van der Waals surface area contributed by atoms with Gasteiger partial charge in [0.25, 0.3) is 10.0 Å². The predicted molar refractivity (Wildman–Crippen MR) is 88.2 cm³/mol. The maximum atomic E-state index is 12.7. The van der Waals surface area contributed by atoms with Gasteiger partial charge in [0.15, 0.2) is 0 Å². The van der Waals surface area contributed by atoms with Crippen molar-refractivity contribution in [3.05, 3.63) is 16.5 Å². The minimum Gasteiger partial charge on any atom is -0.315 e. The maximum absolute atomic E-state index is 12.7. The van der Waals surface area contributed by atoms with Crippen molar-refractivity contribution in [2.24, 2.45) is 5.92 Å². The van der Waals surface area contributed by atoms with Gasteiger partial charge in [-0.05, 0) is 44.4 Å². The summed E-state index contributed by atoms with van der Waals surface area (Å²) < 4.78 is 27.4. The smallest absolute Gasteiger partial charge is 0.252 e. The largest absolute Gasteiger partial charge is 0.315 e. The molecule has 1 aromatic rings. The lowest BCUT2D eigenvalue weighted by Gasteiger charge is -2.26. The summed E-state index contributed by atoms with van der Waals surface area (Å²) in [6.07, 6.45) is 6.10. The topological polar surface area (TPSA) is 49.4 Å². The third-order valence-corrected chi connectivity index (χ3v) is 7.75. The molecule has 1 aliphatic rings. The molecule has 120 valence electrons. The number of sulfonamides is 1. The van der Waals surface area contributed by atoms with E-state index in [1.165, 1.54) is 30.6 Å². The Bertz CT molecular complexity index is 560. The summed E-state index contributed by atoms with van der Waals surface area (Å²) in [7, 11) is 0.262. The van der Waals surface area contributed by atoms with E-state index in [1.807, 2.05) is 20.0 Å². The van der Waals surface area contributed by atoms with Crippen molar-refractivity contribution in [3.8, 4) is 0 Å². The van der Waals surface area contributed by atoms with Crippen LogP contribution >= 0.6 is 11.3 Å². The minimum absolute atomic E-state index is 0.476. The van der Waals surface area contributed by atoms with Crippen molar-refractivity contribution in [3.63, 3.8) is 0 Å². The Kier molecular flexibility index (Phi) is 5.82. The van der Waals surface area contributed by atoms with Crippen LogP contribution in [0.5, 0.6) is 0 Å². The van der Waals surface area contributed by atoms with E-state index >= 15 is 0 Å². The SMILES string of the molecule is CNCc1sc(S(=O)(=O)N(C)CC2CCCCC2)cc1C. The highest BCUT2D eigenvalue weighted by Crippen LogP contribution is 2.30. The second-order valence-corrected chi connectivity index (χ2v) is 9.40. The van der Waals surface area contributed by atoms with Gasteiger partial charge in [-0.1, -0.05) is 19.3 Å². The van der Waals surface area contributed by atoms with E-state index in [-0.39, 0.29) is 0 Å². The van der Waals surface area contributed by atoms with E-state index in [0.717, 1.165) is 29.8 Å². The molecule has 0 unspecified atom stereocenters. The van der Waals surface area contributed by atoms with Crippen LogP contribution in [0.2, 0.25) is 0 Å². The number of rotatable bonds is 6. The van der Waals surface area contributed by atoms with Gasteiger partial charge in [-0.25, -0.2) is 8.42 Å². The highest BCUT2D eigenvalue weighted by Gasteiger charge is 2.26. The van der Waals surface area contributed by atoms with Crippen LogP contribution in [0.25, 0.3) is 0 Å². The predicted octanol–water partition coefficient (Wildman–Crippen LogP) is 2.98. The molecule has 1 heterocycles. The fourth-order valence-electron chi connectivity index (χ4n) is 2.94. The molecule has 1 saturated carbocycles. The van der Waals surface area contributed by atoms with Crippen LogP contribution in [-0.4, -0.2) is 33.4 Å². The molecule has 6 heteroatoms. The van der Waals surface area contributed by atoms with Crippen molar-refractivity contribution in [1.29, 1.82) is 0 Å². The van der Waals surface area contributed by atoms with Gasteiger partial charge in [0.05, 0.1) is 0 Å². The molecular weight excluding hydrogens is 304 g/mol. The summed E-state index contributed by atoms with van der Waals surface area (Å²) in [6.45, 7) is 3.35. The Morgan fingerprint density at radius 1 is 1.33 bits per heavy atom. The summed E-state index contributed by atoms with van der Waals surface area (Å²) in [5.41, 5.74) is 1.05. The van der Waals surface area contributed by atoms with Crippen LogP contribution in [0.1, 0.15) is 42.5 Å². The molecule has 0 bridgehead atoms. The number of hydrogen-bond donors (Lipinski definition) is 1. The number of nitrogens with one attached hydrogen (secondary N) is 1. The number of hydrogen-bond acceptors (Lipinski definition) is 4. The molecule has 1 aromatic heterocycles. The van der Waals surface area contributed by atoms with Gasteiger partial charge in [0.2, 0.25) is 0 Å². The van der Waals surface area contributed by atoms with E-state index < -0.39 is 10.0 Å². The Morgan fingerprint density at radius 3 is 2.62 bits per heavy atom. The Labute approximate surface area is 132 Å². The number of nitrogens with zero attached hydrogens (tertiary/aromatic N) is 1. The maximum Gasteiger partial charge on any atom is 0.252 e. The van der Waals surface area contributed by atoms with Crippen LogP contribution in [0.15, 0.2) is 10.3 Å². The van der Waals surface area contributed by atoms with Crippen molar-refractivity contribution >= 4 is 21.4 Å². The van der Waals surface area contributed by atoms with E-state index in [0.29, 0.717) is 16.7 Å². The lowest BCUT2D eigenvalue weighted by atomic mass is 9.89. The summed E-state index contributed by atoms with van der Waals surface area (Å²) in [5.74, 6) is 0.524. The van der Waals surface area contributed by atoms with Gasteiger partial charge >= 0.3 is 0 Å². The van der Waals surface area contributed by atoms with E-state index in [9.17, 15) is 8.42 Å². The second-order valence-electron chi connectivity index (χ2n) is 5.99. The van der Waals surface area contributed by atoms with Crippen LogP contribution < -0.4 is 5.32 Å². The first-order valence-electron chi connectivity index (χ1n) is 7.65. The monoisotopic (exact) mass is 330 g/mol. The molecular formula is C15H26N2O2S2. The lowest BCUT2D eigenvalue weighted by molar-refractivity contribution is 0.300. The van der Waals surface area contributed by atoms with Gasteiger partial charge in [-0.3, -0.25) is 0 Å². The van der Waals surface area contributed by atoms with Crippen LogP contribution in [0.4, 0.5) is 0 Å². The zero-order valence-electron chi connectivity index (χ0n) is 13.2. The fourth-order valence-corrected chi connectivity index (χ4v) is 6.00. The summed E-state index contributed by atoms with van der Waals surface area (Å²) in [6, 6.07) is 1.81. The zero-order valence-corrected chi connectivity index (χ0v) is 14.8. The minimum atomic E-state index is -3.33. The van der Waals surface area contributed by atoms with Crippen molar-refractivity contribution in [1.82, 2.24) is 9.62 Å². The lowest BCUT2D eigenvalue weighted by Crippen LogP contribution is -2.32. The second kappa shape index (κ2) is 7.22. The summed E-state index contributed by atoms with van der Waals surface area (Å²) in [5, 5.41) is 3.09. The average molecular weight is 331 g/mol. The molecule has 0 radical (unpaired) electrons. The first-order chi connectivity index (χ1) is 9.95. The van der Waals surface area contributed by atoms with Crippen LogP contribution in [0, 0.1) is 12.8 Å². The number of aryl methyl sites for hydroxylation is 1. The van der Waals surface area contributed by atoms with Gasteiger partial charge in [0, 0.05) is 25.0 Å². The Hall–Kier alpha value is -0.430. The quantitative estimate of drug-likeness (QED) is 0.872. The fraction of sp³-hybridized carbons (Fsp3) is 0.733. The zero-order chi connectivity index (χ0) is 15.5. The van der Waals surface area contributed by atoms with Crippen molar-refractivity contribution < 1.29 is 8.42 Å². The third-order valence-electron chi connectivity index (χ3n) is 4.24. The van der Waals surface area contributed by atoms with Gasteiger partial charge in [-0.2, -0.15) is 4.31 Å². The molecule has 0 spiro atoms. The Morgan fingerprint density at radius 2 is 2.00 bits per heavy atom. The standard InChI is InChI=1S/C15H26N2O2S2/c1-12-9-15(20-14(12)10-16-2)21(18,19)17(3)11-13-7-5-4-6-8-13/h9,13,16H,4-8,10-11H2,1-3H3. The highest BCUT2D eigenvalue weighted by molar-refractivity contribution is 7.91. The first-order valence-corrected chi connectivity index (χ1v) is 9.91. The average Bonchev–Trinajstić information content (AvgIpc) is 2.82. The van der Waals surface area contributed by atoms with E-state index in [4.69, 9.17) is 0 Å². The number of thiophene rings is 1. The molecule has 0 saturated heterocycles. The first kappa shape index (κ1) is 16.9. The molecule has 0 aromatic carbocycles.